The molecule has 1 fully saturated rings. The number of rotatable bonds is 4. The standard InChI is InChI=1S/C20H20FNO4/c1-14(23)17-8-7-16(11-18(17)21)19-12-22(9-10-25-19)20(24)26-13-15-5-3-2-4-6-15/h2-8,11,19H,9-10,12-13H2,1H3. The highest BCUT2D eigenvalue weighted by molar-refractivity contribution is 5.94. The third-order valence-electron chi connectivity index (χ3n) is 4.27. The molecule has 0 spiro atoms. The van der Waals surface area contributed by atoms with Gasteiger partial charge in [0.15, 0.2) is 5.78 Å². The number of hydrogen-bond acceptors (Lipinski definition) is 4. The molecule has 1 aliphatic rings. The molecule has 3 rings (SSSR count). The van der Waals surface area contributed by atoms with Crippen molar-refractivity contribution in [1.29, 1.82) is 0 Å². The van der Waals surface area contributed by atoms with Crippen LogP contribution in [0.3, 0.4) is 0 Å². The fraction of sp³-hybridized carbons (Fsp3) is 0.300. The van der Waals surface area contributed by atoms with E-state index in [1.807, 2.05) is 30.3 Å². The van der Waals surface area contributed by atoms with Crippen LogP contribution in [0.2, 0.25) is 0 Å². The van der Waals surface area contributed by atoms with Crippen LogP contribution in [0, 0.1) is 5.82 Å². The predicted octanol–water partition coefficient (Wildman–Crippen LogP) is 3.74. The van der Waals surface area contributed by atoms with Gasteiger partial charge in [-0.2, -0.15) is 0 Å². The van der Waals surface area contributed by atoms with E-state index in [0.717, 1.165) is 5.56 Å². The Labute approximate surface area is 151 Å². The number of ketones is 1. The third-order valence-corrected chi connectivity index (χ3v) is 4.27. The van der Waals surface area contributed by atoms with Crippen molar-refractivity contribution in [2.75, 3.05) is 19.7 Å². The Hall–Kier alpha value is -2.73. The Balaban J connectivity index is 1.62. The zero-order valence-corrected chi connectivity index (χ0v) is 14.5. The number of carbonyl (C=O) groups excluding carboxylic acids is 2. The van der Waals surface area contributed by atoms with Gasteiger partial charge in [-0.05, 0) is 30.2 Å². The second-order valence-corrected chi connectivity index (χ2v) is 6.14. The first-order valence-corrected chi connectivity index (χ1v) is 8.42. The van der Waals surface area contributed by atoms with Gasteiger partial charge in [0.1, 0.15) is 18.5 Å². The molecule has 0 N–H and O–H groups in total. The number of Topliss-reactive ketones (excluding diaryl/α,β-unsaturated/α-hetero) is 1. The first-order chi connectivity index (χ1) is 12.5. The molecule has 2 aromatic rings. The molecule has 1 atom stereocenters. The van der Waals surface area contributed by atoms with Gasteiger partial charge in [0.2, 0.25) is 0 Å². The van der Waals surface area contributed by atoms with Gasteiger partial charge in [-0.15, -0.1) is 0 Å². The quantitative estimate of drug-likeness (QED) is 0.782. The molecule has 0 bridgehead atoms. The number of nitrogens with zero attached hydrogens (tertiary/aromatic N) is 1. The highest BCUT2D eigenvalue weighted by atomic mass is 19.1. The van der Waals surface area contributed by atoms with E-state index < -0.39 is 18.0 Å². The minimum Gasteiger partial charge on any atom is -0.445 e. The van der Waals surface area contributed by atoms with E-state index in [4.69, 9.17) is 9.47 Å². The van der Waals surface area contributed by atoms with Crippen LogP contribution in [0.25, 0.3) is 0 Å². The van der Waals surface area contributed by atoms with Crippen LogP contribution in [0.1, 0.15) is 34.5 Å². The summed E-state index contributed by atoms with van der Waals surface area (Å²) >= 11 is 0. The van der Waals surface area contributed by atoms with Crippen LogP contribution in [0.5, 0.6) is 0 Å². The predicted molar refractivity (Wildman–Crippen MR) is 93.3 cm³/mol. The van der Waals surface area contributed by atoms with Gasteiger partial charge in [-0.1, -0.05) is 36.4 Å². The van der Waals surface area contributed by atoms with Gasteiger partial charge in [0, 0.05) is 6.54 Å². The second kappa shape index (κ2) is 8.10. The second-order valence-electron chi connectivity index (χ2n) is 6.14. The van der Waals surface area contributed by atoms with Gasteiger partial charge in [0.05, 0.1) is 18.7 Å². The molecule has 136 valence electrons. The summed E-state index contributed by atoms with van der Waals surface area (Å²) in [5.41, 5.74) is 1.55. The zero-order chi connectivity index (χ0) is 18.5. The van der Waals surface area contributed by atoms with E-state index in [1.54, 1.807) is 11.0 Å². The Morgan fingerprint density at radius 1 is 1.23 bits per heavy atom. The summed E-state index contributed by atoms with van der Waals surface area (Å²) in [7, 11) is 0. The summed E-state index contributed by atoms with van der Waals surface area (Å²) < 4.78 is 25.0. The molecule has 0 saturated carbocycles. The summed E-state index contributed by atoms with van der Waals surface area (Å²) in [6, 6.07) is 13.8. The summed E-state index contributed by atoms with van der Waals surface area (Å²) in [5, 5.41) is 0. The van der Waals surface area contributed by atoms with E-state index in [-0.39, 0.29) is 24.5 Å². The number of hydrogen-bond donors (Lipinski definition) is 0. The van der Waals surface area contributed by atoms with Gasteiger partial charge in [-0.3, -0.25) is 4.79 Å². The highest BCUT2D eigenvalue weighted by Gasteiger charge is 2.27. The van der Waals surface area contributed by atoms with E-state index in [2.05, 4.69) is 0 Å². The van der Waals surface area contributed by atoms with Crippen molar-refractivity contribution in [2.24, 2.45) is 0 Å². The molecule has 5 nitrogen and oxygen atoms in total. The number of carbonyl (C=O) groups is 2. The molecule has 2 aromatic carbocycles. The number of halogens is 1. The monoisotopic (exact) mass is 357 g/mol. The maximum Gasteiger partial charge on any atom is 0.410 e. The average molecular weight is 357 g/mol. The van der Waals surface area contributed by atoms with Crippen LogP contribution in [0.15, 0.2) is 48.5 Å². The van der Waals surface area contributed by atoms with E-state index in [0.29, 0.717) is 18.7 Å². The molecule has 1 saturated heterocycles. The van der Waals surface area contributed by atoms with Crippen molar-refractivity contribution < 1.29 is 23.5 Å². The van der Waals surface area contributed by atoms with Crippen LogP contribution in [-0.2, 0) is 16.1 Å². The lowest BCUT2D eigenvalue weighted by Gasteiger charge is -2.32. The first-order valence-electron chi connectivity index (χ1n) is 8.42. The summed E-state index contributed by atoms with van der Waals surface area (Å²) in [6.07, 6.45) is -0.883. The lowest BCUT2D eigenvalue weighted by atomic mass is 10.0. The summed E-state index contributed by atoms with van der Waals surface area (Å²) in [6.45, 7) is 2.54. The molecule has 0 aliphatic carbocycles. The molecule has 1 unspecified atom stereocenters. The maximum atomic E-state index is 14.0. The fourth-order valence-corrected chi connectivity index (χ4v) is 2.84. The van der Waals surface area contributed by atoms with Crippen molar-refractivity contribution in [2.45, 2.75) is 19.6 Å². The summed E-state index contributed by atoms with van der Waals surface area (Å²) in [5.74, 6) is -0.910. The maximum absolute atomic E-state index is 14.0. The Bertz CT molecular complexity index is 794. The number of amides is 1. The highest BCUT2D eigenvalue weighted by Crippen LogP contribution is 2.25. The molecule has 0 radical (unpaired) electrons. The van der Waals surface area contributed by atoms with Crippen LogP contribution in [-0.4, -0.2) is 36.5 Å². The van der Waals surface area contributed by atoms with E-state index >= 15 is 0 Å². The average Bonchev–Trinajstić information content (AvgIpc) is 2.66. The van der Waals surface area contributed by atoms with Crippen molar-refractivity contribution in [3.63, 3.8) is 0 Å². The van der Waals surface area contributed by atoms with Crippen LogP contribution >= 0.6 is 0 Å². The Morgan fingerprint density at radius 3 is 2.69 bits per heavy atom. The third kappa shape index (κ3) is 4.26. The molecular formula is C20H20FNO4. The smallest absolute Gasteiger partial charge is 0.410 e. The topological polar surface area (TPSA) is 55.8 Å². The number of morpholine rings is 1. The molecular weight excluding hydrogens is 337 g/mol. The number of benzene rings is 2. The molecule has 1 aliphatic heterocycles. The van der Waals surface area contributed by atoms with Gasteiger partial charge < -0.3 is 14.4 Å². The molecule has 26 heavy (non-hydrogen) atoms. The van der Waals surface area contributed by atoms with Crippen molar-refractivity contribution in [3.8, 4) is 0 Å². The SMILES string of the molecule is CC(=O)c1ccc(C2CN(C(=O)OCc3ccccc3)CCO2)cc1F. The van der Waals surface area contributed by atoms with Gasteiger partial charge in [-0.25, -0.2) is 9.18 Å². The van der Waals surface area contributed by atoms with Crippen LogP contribution in [0.4, 0.5) is 9.18 Å². The minimum atomic E-state index is -0.581. The summed E-state index contributed by atoms with van der Waals surface area (Å²) in [4.78, 5) is 25.2. The fourth-order valence-electron chi connectivity index (χ4n) is 2.84. The van der Waals surface area contributed by atoms with Crippen molar-refractivity contribution >= 4 is 11.9 Å². The van der Waals surface area contributed by atoms with Crippen molar-refractivity contribution in [1.82, 2.24) is 4.90 Å². The lowest BCUT2D eigenvalue weighted by molar-refractivity contribution is -0.0297. The molecule has 1 heterocycles. The number of ether oxygens (including phenoxy) is 2. The largest absolute Gasteiger partial charge is 0.445 e. The molecule has 1 amide bonds. The normalized spacial score (nSPS) is 17.0. The zero-order valence-electron chi connectivity index (χ0n) is 14.5. The first kappa shape index (κ1) is 18.1. The van der Waals surface area contributed by atoms with E-state index in [1.165, 1.54) is 19.1 Å². The molecule has 6 heteroatoms. The van der Waals surface area contributed by atoms with Crippen molar-refractivity contribution in [3.05, 3.63) is 71.0 Å². The van der Waals surface area contributed by atoms with Gasteiger partial charge in [0.25, 0.3) is 0 Å². The van der Waals surface area contributed by atoms with Crippen LogP contribution < -0.4 is 0 Å². The van der Waals surface area contributed by atoms with E-state index in [9.17, 15) is 14.0 Å². The minimum absolute atomic E-state index is 0.0451. The lowest BCUT2D eigenvalue weighted by Crippen LogP contribution is -2.42. The Kier molecular flexibility index (Phi) is 5.63. The Morgan fingerprint density at radius 2 is 2.00 bits per heavy atom. The van der Waals surface area contributed by atoms with Gasteiger partial charge >= 0.3 is 6.09 Å². The molecule has 0 aromatic heterocycles.